The molecule has 2 nitrogen and oxygen atoms in total. The number of aromatic nitrogens is 1. The second kappa shape index (κ2) is 13.1. The molecule has 1 heterocycles. The highest BCUT2D eigenvalue weighted by Gasteiger charge is 2.23. The van der Waals surface area contributed by atoms with Gasteiger partial charge in [0.15, 0.2) is 0 Å². The van der Waals surface area contributed by atoms with Crippen LogP contribution in [-0.2, 0) is 0 Å². The summed E-state index contributed by atoms with van der Waals surface area (Å²) in [6, 6.07) is 37.9. The molecule has 2 aliphatic rings. The molecule has 0 aliphatic heterocycles. The van der Waals surface area contributed by atoms with Crippen molar-refractivity contribution in [1.82, 2.24) is 4.57 Å². The summed E-state index contributed by atoms with van der Waals surface area (Å²) < 4.78 is 16.2. The summed E-state index contributed by atoms with van der Waals surface area (Å²) >= 11 is 1.83. The van der Waals surface area contributed by atoms with E-state index in [1.807, 2.05) is 23.9 Å². The molecule has 0 saturated carbocycles. The molecule has 0 fully saturated rings. The van der Waals surface area contributed by atoms with Gasteiger partial charge in [-0.05, 0) is 135 Å². The minimum atomic E-state index is -0.235. The Morgan fingerprint density at radius 2 is 1.47 bits per heavy atom. The van der Waals surface area contributed by atoms with E-state index in [0.29, 0.717) is 0 Å². The summed E-state index contributed by atoms with van der Waals surface area (Å²) in [5.41, 5.74) is 14.3. The van der Waals surface area contributed by atoms with Gasteiger partial charge in [-0.2, -0.15) is 0 Å². The van der Waals surface area contributed by atoms with E-state index in [1.165, 1.54) is 50.4 Å². The van der Waals surface area contributed by atoms with Gasteiger partial charge >= 0.3 is 0 Å². The lowest BCUT2D eigenvalue weighted by Crippen LogP contribution is -2.13. The van der Waals surface area contributed by atoms with E-state index in [2.05, 4.69) is 139 Å². The van der Waals surface area contributed by atoms with Crippen LogP contribution in [0.1, 0.15) is 49.3 Å². The molecule has 49 heavy (non-hydrogen) atoms. The number of hydrogen-bond donors (Lipinski definition) is 0. The predicted octanol–water partition coefficient (Wildman–Crippen LogP) is 13.2. The molecular weight excluding hydrogens is 620 g/mol. The predicted molar refractivity (Wildman–Crippen MR) is 210 cm³/mol. The Morgan fingerprint density at radius 3 is 2.27 bits per heavy atom. The number of benzene rings is 5. The molecule has 0 N–H and O–H groups in total. The van der Waals surface area contributed by atoms with E-state index in [-0.39, 0.29) is 5.82 Å². The van der Waals surface area contributed by atoms with Gasteiger partial charge in [-0.15, -0.1) is 11.8 Å². The third-order valence-corrected chi connectivity index (χ3v) is 10.8. The average Bonchev–Trinajstić information content (AvgIpc) is 3.47. The summed E-state index contributed by atoms with van der Waals surface area (Å²) in [4.78, 5) is 3.78. The minimum Gasteiger partial charge on any atom is -0.310 e. The molecule has 0 amide bonds. The highest BCUT2D eigenvalue weighted by Crippen LogP contribution is 2.45. The van der Waals surface area contributed by atoms with Crippen molar-refractivity contribution in [3.63, 3.8) is 0 Å². The minimum absolute atomic E-state index is 0.235. The molecule has 0 saturated heterocycles. The molecule has 8 rings (SSSR count). The molecule has 2 aliphatic carbocycles. The van der Waals surface area contributed by atoms with Crippen molar-refractivity contribution in [2.45, 2.75) is 39.5 Å². The van der Waals surface area contributed by atoms with Crippen molar-refractivity contribution in [3.05, 3.63) is 166 Å². The third kappa shape index (κ3) is 5.64. The van der Waals surface area contributed by atoms with Crippen molar-refractivity contribution in [3.8, 4) is 5.69 Å². The van der Waals surface area contributed by atoms with Crippen LogP contribution in [0.15, 0.2) is 144 Å². The number of allylic oxidation sites excluding steroid dienone is 7. The molecule has 0 atom stereocenters. The molecule has 0 radical (unpaired) electrons. The second-order valence-corrected chi connectivity index (χ2v) is 13.8. The number of thioether (sulfide) groups is 1. The Morgan fingerprint density at radius 1 is 0.714 bits per heavy atom. The van der Waals surface area contributed by atoms with Crippen LogP contribution < -0.4 is 4.90 Å². The normalized spacial score (nSPS) is 14.8. The molecule has 1 aromatic heterocycles. The molecule has 5 aromatic carbocycles. The van der Waals surface area contributed by atoms with Gasteiger partial charge in [-0.3, -0.25) is 0 Å². The third-order valence-electron chi connectivity index (χ3n) is 9.96. The maximum absolute atomic E-state index is 14.0. The van der Waals surface area contributed by atoms with Crippen LogP contribution in [0.5, 0.6) is 0 Å². The molecule has 4 heteroatoms. The summed E-state index contributed by atoms with van der Waals surface area (Å²) in [7, 11) is 0. The van der Waals surface area contributed by atoms with Crippen LogP contribution in [0.3, 0.4) is 0 Å². The van der Waals surface area contributed by atoms with E-state index in [9.17, 15) is 4.39 Å². The van der Waals surface area contributed by atoms with Crippen LogP contribution in [0.4, 0.5) is 21.5 Å². The molecule has 242 valence electrons. The standard InChI is InChI=1S/C45H39FN2S/c1-30-11-4-5-13-37(30)45-31(2)12-10-17-43(45)47(34-23-19-32(20-24-34)38-14-7-9-18-44(38)49-3)36-27-28-42-40(29-36)39-15-6-8-16-41(39)48(42)35-25-21-33(46)22-26-35/h5-6,8,10,12-29H,4,7,9,11H2,1-3H3. The first-order valence-electron chi connectivity index (χ1n) is 17.1. The number of fused-ring (bicyclic) bond motifs is 3. The number of para-hydroxylation sites is 1. The number of anilines is 3. The van der Waals surface area contributed by atoms with Gasteiger partial charge in [0, 0.05) is 38.3 Å². The Labute approximate surface area is 292 Å². The zero-order valence-electron chi connectivity index (χ0n) is 28.2. The highest BCUT2D eigenvalue weighted by atomic mass is 32.2. The van der Waals surface area contributed by atoms with Gasteiger partial charge in [0.2, 0.25) is 0 Å². The van der Waals surface area contributed by atoms with E-state index in [0.717, 1.165) is 70.2 Å². The van der Waals surface area contributed by atoms with Gasteiger partial charge in [-0.25, -0.2) is 4.39 Å². The van der Waals surface area contributed by atoms with Crippen LogP contribution >= 0.6 is 11.8 Å². The zero-order chi connectivity index (χ0) is 33.5. The van der Waals surface area contributed by atoms with Crippen molar-refractivity contribution in [1.29, 1.82) is 0 Å². The summed E-state index contributed by atoms with van der Waals surface area (Å²) in [6.07, 6.45) is 15.9. The van der Waals surface area contributed by atoms with Gasteiger partial charge in [0.1, 0.15) is 5.82 Å². The fourth-order valence-electron chi connectivity index (χ4n) is 7.56. The average molecular weight is 659 g/mol. The molecular formula is C45H39FN2S. The maximum Gasteiger partial charge on any atom is 0.123 e. The molecule has 0 unspecified atom stereocenters. The first-order chi connectivity index (χ1) is 24.0. The Kier molecular flexibility index (Phi) is 8.35. The van der Waals surface area contributed by atoms with Crippen molar-refractivity contribution < 1.29 is 4.39 Å². The molecule has 0 bridgehead atoms. The van der Waals surface area contributed by atoms with Gasteiger partial charge in [0.05, 0.1) is 16.7 Å². The fourth-order valence-corrected chi connectivity index (χ4v) is 8.26. The summed E-state index contributed by atoms with van der Waals surface area (Å²) in [5.74, 6) is -0.235. The highest BCUT2D eigenvalue weighted by molar-refractivity contribution is 8.03. The monoisotopic (exact) mass is 658 g/mol. The topological polar surface area (TPSA) is 8.17 Å². The largest absolute Gasteiger partial charge is 0.310 e. The Balaban J connectivity index is 1.35. The maximum atomic E-state index is 14.0. The number of hydrogen-bond acceptors (Lipinski definition) is 2. The van der Waals surface area contributed by atoms with E-state index in [1.54, 1.807) is 0 Å². The Bertz CT molecular complexity index is 2330. The number of rotatable bonds is 7. The van der Waals surface area contributed by atoms with E-state index >= 15 is 0 Å². The SMILES string of the molecule is CSC1=CCCC=C1c1ccc(N(c2ccc3c(c2)c2ccccc2n3-c2ccc(F)cc2)c2cccc(C)c2C2=C(C)CCC=C2)cc1. The van der Waals surface area contributed by atoms with Gasteiger partial charge in [-0.1, -0.05) is 72.3 Å². The number of halogens is 1. The van der Waals surface area contributed by atoms with Crippen LogP contribution in [0.2, 0.25) is 0 Å². The number of aryl methyl sites for hydroxylation is 1. The number of nitrogens with zero attached hydrogens (tertiary/aromatic N) is 2. The summed E-state index contributed by atoms with van der Waals surface area (Å²) in [5, 5.41) is 2.32. The molecule has 0 spiro atoms. The summed E-state index contributed by atoms with van der Waals surface area (Å²) in [6.45, 7) is 4.51. The lowest BCUT2D eigenvalue weighted by molar-refractivity contribution is 0.627. The van der Waals surface area contributed by atoms with Crippen LogP contribution in [-0.4, -0.2) is 10.8 Å². The first kappa shape index (κ1) is 31.2. The zero-order valence-corrected chi connectivity index (χ0v) is 29.0. The Hall–Kier alpha value is -5.06. The quantitative estimate of drug-likeness (QED) is 0.169. The molecule has 6 aromatic rings. The van der Waals surface area contributed by atoms with E-state index in [4.69, 9.17) is 0 Å². The first-order valence-corrected chi connectivity index (χ1v) is 18.3. The lowest BCUT2D eigenvalue weighted by atomic mass is 9.89. The smallest absolute Gasteiger partial charge is 0.123 e. The van der Waals surface area contributed by atoms with Gasteiger partial charge < -0.3 is 9.47 Å². The van der Waals surface area contributed by atoms with Gasteiger partial charge in [0.25, 0.3) is 0 Å². The van der Waals surface area contributed by atoms with Crippen LogP contribution in [0, 0.1) is 12.7 Å². The van der Waals surface area contributed by atoms with E-state index < -0.39 is 0 Å². The van der Waals surface area contributed by atoms with Crippen molar-refractivity contribution >= 4 is 61.8 Å². The fraction of sp³-hybridized carbons (Fsp3) is 0.156. The van der Waals surface area contributed by atoms with Crippen molar-refractivity contribution in [2.24, 2.45) is 0 Å². The van der Waals surface area contributed by atoms with Crippen LogP contribution in [0.25, 0.3) is 38.6 Å². The lowest BCUT2D eigenvalue weighted by Gasteiger charge is -2.30. The second-order valence-electron chi connectivity index (χ2n) is 13.0. The van der Waals surface area contributed by atoms with Crippen molar-refractivity contribution in [2.75, 3.05) is 11.2 Å².